The van der Waals surface area contributed by atoms with E-state index in [9.17, 15) is 9.59 Å². The van der Waals surface area contributed by atoms with Gasteiger partial charge >= 0.3 is 0 Å². The smallest absolute Gasteiger partial charge is 0.259 e. The van der Waals surface area contributed by atoms with Crippen LogP contribution in [0.4, 0.5) is 0 Å². The Morgan fingerprint density at radius 3 is 2.76 bits per heavy atom. The van der Waals surface area contributed by atoms with Crippen LogP contribution in [0.2, 0.25) is 0 Å². The zero-order chi connectivity index (χ0) is 18.0. The Morgan fingerprint density at radius 2 is 2.04 bits per heavy atom. The molecule has 1 amide bonds. The Morgan fingerprint density at radius 1 is 1.32 bits per heavy atom. The summed E-state index contributed by atoms with van der Waals surface area (Å²) in [6.45, 7) is 6.23. The molecule has 5 nitrogen and oxygen atoms in total. The number of nitrogens with zero attached hydrogens (tertiary/aromatic N) is 1. The first-order chi connectivity index (χ1) is 11.9. The zero-order valence-electron chi connectivity index (χ0n) is 15.0. The number of thiophene rings is 1. The summed E-state index contributed by atoms with van der Waals surface area (Å²) in [7, 11) is 0. The van der Waals surface area contributed by atoms with Crippen LogP contribution >= 0.6 is 23.1 Å². The molecule has 3 rings (SSSR count). The number of hydrogen-bond acceptors (Lipinski definition) is 5. The van der Waals surface area contributed by atoms with Crippen LogP contribution in [-0.4, -0.2) is 27.7 Å². The van der Waals surface area contributed by atoms with Gasteiger partial charge in [0.25, 0.3) is 5.56 Å². The number of fused-ring (bicyclic) bond motifs is 1. The van der Waals surface area contributed by atoms with E-state index in [1.807, 2.05) is 13.8 Å². The van der Waals surface area contributed by atoms with E-state index in [0.29, 0.717) is 28.8 Å². The molecular formula is C18H25N3O2S2. The molecule has 0 aromatic carbocycles. The lowest BCUT2D eigenvalue weighted by Crippen LogP contribution is -2.38. The fourth-order valence-electron chi connectivity index (χ4n) is 3.28. The fraction of sp³-hybridized carbons (Fsp3) is 0.611. The van der Waals surface area contributed by atoms with Crippen molar-refractivity contribution in [3.8, 4) is 0 Å². The molecule has 0 saturated heterocycles. The molecule has 25 heavy (non-hydrogen) atoms. The minimum Gasteiger partial charge on any atom is -0.353 e. The highest BCUT2D eigenvalue weighted by Crippen LogP contribution is 2.26. The Kier molecular flexibility index (Phi) is 5.84. The number of rotatable bonds is 5. The third-order valence-corrected chi connectivity index (χ3v) is 6.99. The molecule has 0 atom stereocenters. The maximum Gasteiger partial charge on any atom is 0.259 e. The van der Waals surface area contributed by atoms with Gasteiger partial charge in [-0.05, 0) is 51.0 Å². The number of carbonyl (C=O) groups excluding carboxylic acids is 1. The van der Waals surface area contributed by atoms with Crippen LogP contribution in [0.3, 0.4) is 0 Å². The first-order valence-electron chi connectivity index (χ1n) is 8.80. The molecule has 136 valence electrons. The summed E-state index contributed by atoms with van der Waals surface area (Å²) in [5.74, 6) is 2.44. The van der Waals surface area contributed by atoms with E-state index >= 15 is 0 Å². The standard InChI is InChI=1S/C18H25N3O2S2/c1-10-4-6-13(7-5-10)19-15(22)9-24-8-14-20-17(23)16-11(2)12(3)25-18(16)21-14/h10,13H,4-9H2,1-3H3,(H,19,22)(H,20,21,23). The van der Waals surface area contributed by atoms with Crippen molar-refractivity contribution in [2.24, 2.45) is 5.92 Å². The SMILES string of the molecule is Cc1sc2nc(CSCC(=O)NC3CCC(C)CC3)[nH]c(=O)c2c1C. The highest BCUT2D eigenvalue weighted by molar-refractivity contribution is 7.99. The quantitative estimate of drug-likeness (QED) is 0.833. The average Bonchev–Trinajstić information content (AvgIpc) is 2.84. The molecule has 2 N–H and O–H groups in total. The van der Waals surface area contributed by atoms with Crippen molar-refractivity contribution >= 4 is 39.2 Å². The van der Waals surface area contributed by atoms with Gasteiger partial charge in [-0.1, -0.05) is 6.92 Å². The topological polar surface area (TPSA) is 74.8 Å². The number of H-pyrrole nitrogens is 1. The summed E-state index contributed by atoms with van der Waals surface area (Å²) in [5, 5.41) is 3.82. The van der Waals surface area contributed by atoms with Crippen LogP contribution in [-0.2, 0) is 10.5 Å². The van der Waals surface area contributed by atoms with E-state index in [1.54, 1.807) is 11.3 Å². The minimum absolute atomic E-state index is 0.0794. The number of aromatic amines is 1. The van der Waals surface area contributed by atoms with E-state index in [2.05, 4.69) is 22.2 Å². The van der Waals surface area contributed by atoms with Crippen molar-refractivity contribution in [1.29, 1.82) is 0 Å². The fourth-order valence-corrected chi connectivity index (χ4v) is 5.03. The first kappa shape index (κ1) is 18.5. The average molecular weight is 380 g/mol. The summed E-state index contributed by atoms with van der Waals surface area (Å²) in [6, 6.07) is 0.329. The summed E-state index contributed by atoms with van der Waals surface area (Å²) in [5.41, 5.74) is 0.928. The van der Waals surface area contributed by atoms with Crippen LogP contribution < -0.4 is 10.9 Å². The first-order valence-corrected chi connectivity index (χ1v) is 10.8. The predicted molar refractivity (Wildman–Crippen MR) is 105 cm³/mol. The van der Waals surface area contributed by atoms with Gasteiger partial charge in [-0.15, -0.1) is 23.1 Å². The van der Waals surface area contributed by atoms with Crippen molar-refractivity contribution < 1.29 is 4.79 Å². The monoisotopic (exact) mass is 379 g/mol. The van der Waals surface area contributed by atoms with Gasteiger partial charge in [0.05, 0.1) is 16.9 Å². The maximum atomic E-state index is 12.2. The summed E-state index contributed by atoms with van der Waals surface area (Å²) in [6.07, 6.45) is 4.56. The normalized spacial score (nSPS) is 20.8. The molecule has 0 bridgehead atoms. The van der Waals surface area contributed by atoms with Crippen molar-refractivity contribution in [2.75, 3.05) is 5.75 Å². The number of aromatic nitrogens is 2. The Labute approximate surface area is 156 Å². The number of aryl methyl sites for hydroxylation is 2. The molecule has 0 spiro atoms. The lowest BCUT2D eigenvalue weighted by atomic mass is 9.87. The second-order valence-corrected chi connectivity index (χ2v) is 9.18. The summed E-state index contributed by atoms with van der Waals surface area (Å²) in [4.78, 5) is 33.6. The van der Waals surface area contributed by atoms with Gasteiger partial charge in [0.1, 0.15) is 10.7 Å². The van der Waals surface area contributed by atoms with Crippen LogP contribution in [0.1, 0.15) is 48.9 Å². The van der Waals surface area contributed by atoms with E-state index in [4.69, 9.17) is 0 Å². The molecule has 7 heteroatoms. The molecule has 0 aliphatic heterocycles. The molecule has 1 aliphatic rings. The van der Waals surface area contributed by atoms with Crippen LogP contribution in [0, 0.1) is 19.8 Å². The molecule has 1 saturated carbocycles. The second kappa shape index (κ2) is 7.91. The van der Waals surface area contributed by atoms with E-state index < -0.39 is 0 Å². The molecule has 2 aromatic rings. The van der Waals surface area contributed by atoms with Crippen molar-refractivity contribution in [3.05, 3.63) is 26.6 Å². The van der Waals surface area contributed by atoms with Crippen LogP contribution in [0.5, 0.6) is 0 Å². The molecule has 1 fully saturated rings. The van der Waals surface area contributed by atoms with E-state index in [0.717, 1.165) is 34.0 Å². The van der Waals surface area contributed by atoms with Gasteiger partial charge in [0, 0.05) is 10.9 Å². The van der Waals surface area contributed by atoms with Gasteiger partial charge in [0.15, 0.2) is 0 Å². The van der Waals surface area contributed by atoms with Crippen molar-refractivity contribution in [2.45, 2.75) is 58.2 Å². The molecule has 2 aromatic heterocycles. The van der Waals surface area contributed by atoms with Gasteiger partial charge in [-0.2, -0.15) is 0 Å². The lowest BCUT2D eigenvalue weighted by molar-refractivity contribution is -0.119. The second-order valence-electron chi connectivity index (χ2n) is 6.99. The Bertz CT molecular complexity index is 820. The predicted octanol–water partition coefficient (Wildman–Crippen LogP) is 3.53. The highest BCUT2D eigenvalue weighted by atomic mass is 32.2. The zero-order valence-corrected chi connectivity index (χ0v) is 16.6. The van der Waals surface area contributed by atoms with E-state index in [1.165, 1.54) is 24.6 Å². The molecule has 0 radical (unpaired) electrons. The third kappa shape index (κ3) is 4.44. The Balaban J connectivity index is 1.53. The van der Waals surface area contributed by atoms with Crippen molar-refractivity contribution in [3.63, 3.8) is 0 Å². The Hall–Kier alpha value is -1.34. The highest BCUT2D eigenvalue weighted by Gasteiger charge is 2.19. The molecule has 0 unspecified atom stereocenters. The minimum atomic E-state index is -0.0803. The molecule has 2 heterocycles. The largest absolute Gasteiger partial charge is 0.353 e. The number of carbonyl (C=O) groups is 1. The molecular weight excluding hydrogens is 354 g/mol. The van der Waals surface area contributed by atoms with Crippen molar-refractivity contribution in [1.82, 2.24) is 15.3 Å². The number of hydrogen-bond donors (Lipinski definition) is 2. The maximum absolute atomic E-state index is 12.2. The van der Waals surface area contributed by atoms with Gasteiger partial charge in [-0.3, -0.25) is 9.59 Å². The van der Waals surface area contributed by atoms with Gasteiger partial charge in [-0.25, -0.2) is 4.98 Å². The number of nitrogens with one attached hydrogen (secondary N) is 2. The molecule has 1 aliphatic carbocycles. The van der Waals surface area contributed by atoms with Gasteiger partial charge in [0.2, 0.25) is 5.91 Å². The van der Waals surface area contributed by atoms with Crippen LogP contribution in [0.25, 0.3) is 10.2 Å². The van der Waals surface area contributed by atoms with Gasteiger partial charge < -0.3 is 10.3 Å². The van der Waals surface area contributed by atoms with Crippen LogP contribution in [0.15, 0.2) is 4.79 Å². The number of amides is 1. The third-order valence-electron chi connectivity index (χ3n) is 4.94. The summed E-state index contributed by atoms with van der Waals surface area (Å²) >= 11 is 3.04. The number of thioether (sulfide) groups is 1. The lowest BCUT2D eigenvalue weighted by Gasteiger charge is -2.26. The summed E-state index contributed by atoms with van der Waals surface area (Å²) < 4.78 is 0. The van der Waals surface area contributed by atoms with E-state index in [-0.39, 0.29) is 11.5 Å².